The molecule has 0 N–H and O–H groups in total. The first kappa shape index (κ1) is 28.1. The zero-order chi connectivity index (χ0) is 30.6. The maximum atomic E-state index is 6.90. The maximum Gasteiger partial charge on any atom is 0.178 e. The van der Waals surface area contributed by atoms with Crippen LogP contribution in [0.1, 0.15) is 16.7 Å². The largest absolute Gasteiger partial charge is 0.497 e. The molecule has 0 aromatic heterocycles. The van der Waals surface area contributed by atoms with Gasteiger partial charge in [-0.1, -0.05) is 84.9 Å². The van der Waals surface area contributed by atoms with Crippen molar-refractivity contribution in [2.75, 3.05) is 19.1 Å². The SMILES string of the molecule is COc1ccc(C2(c3ccc(OC)cc3)C=Cc3cc(-c4ccc(N(c5ccccc5)c5ccccc5)cc4)ccc3O2)cc1. The van der Waals surface area contributed by atoms with E-state index in [1.807, 2.05) is 36.4 Å². The van der Waals surface area contributed by atoms with Gasteiger partial charge in [0.2, 0.25) is 0 Å². The highest BCUT2D eigenvalue weighted by atomic mass is 16.5. The van der Waals surface area contributed by atoms with Gasteiger partial charge in [0, 0.05) is 33.8 Å². The van der Waals surface area contributed by atoms with Gasteiger partial charge in [0.05, 0.1) is 14.2 Å². The van der Waals surface area contributed by atoms with Crippen LogP contribution >= 0.6 is 0 Å². The van der Waals surface area contributed by atoms with Crippen molar-refractivity contribution >= 4 is 23.1 Å². The summed E-state index contributed by atoms with van der Waals surface area (Å²) in [6.07, 6.45) is 4.31. The molecule has 7 rings (SSSR count). The Hall–Kier alpha value is -5.74. The minimum absolute atomic E-state index is 0.799. The van der Waals surface area contributed by atoms with E-state index < -0.39 is 5.60 Å². The van der Waals surface area contributed by atoms with Gasteiger partial charge < -0.3 is 19.1 Å². The first-order chi connectivity index (χ1) is 22.2. The third-order valence-electron chi connectivity index (χ3n) is 8.30. The highest BCUT2D eigenvalue weighted by Crippen LogP contribution is 2.44. The summed E-state index contributed by atoms with van der Waals surface area (Å²) < 4.78 is 17.8. The Morgan fingerprint density at radius 2 is 1.00 bits per heavy atom. The van der Waals surface area contributed by atoms with Crippen molar-refractivity contribution in [1.82, 2.24) is 0 Å². The van der Waals surface area contributed by atoms with E-state index in [2.05, 4.69) is 132 Å². The minimum atomic E-state index is -0.799. The number of anilines is 3. The average Bonchev–Trinajstić information content (AvgIpc) is 3.12. The topological polar surface area (TPSA) is 30.9 Å². The number of benzene rings is 6. The third-order valence-corrected chi connectivity index (χ3v) is 8.30. The summed E-state index contributed by atoms with van der Waals surface area (Å²) in [5.74, 6) is 2.43. The van der Waals surface area contributed by atoms with Crippen molar-refractivity contribution in [3.05, 3.63) is 174 Å². The summed E-state index contributed by atoms with van der Waals surface area (Å²) in [5.41, 5.74) is 7.85. The first-order valence-electron chi connectivity index (χ1n) is 15.0. The summed E-state index contributed by atoms with van der Waals surface area (Å²) >= 11 is 0. The van der Waals surface area contributed by atoms with Gasteiger partial charge in [-0.25, -0.2) is 0 Å². The zero-order valence-electron chi connectivity index (χ0n) is 25.3. The first-order valence-corrected chi connectivity index (χ1v) is 15.0. The molecule has 45 heavy (non-hydrogen) atoms. The average molecular weight is 588 g/mol. The second-order valence-corrected chi connectivity index (χ2v) is 10.9. The van der Waals surface area contributed by atoms with Crippen LogP contribution in [0.5, 0.6) is 17.2 Å². The molecule has 0 spiro atoms. The summed E-state index contributed by atoms with van der Waals surface area (Å²) in [6, 6.07) is 52.1. The van der Waals surface area contributed by atoms with Crippen LogP contribution in [-0.2, 0) is 5.60 Å². The van der Waals surface area contributed by atoms with Gasteiger partial charge in [0.15, 0.2) is 5.60 Å². The summed E-state index contributed by atoms with van der Waals surface area (Å²) in [5, 5.41) is 0. The van der Waals surface area contributed by atoms with Crippen LogP contribution in [0, 0.1) is 0 Å². The molecule has 4 nitrogen and oxygen atoms in total. The summed E-state index contributed by atoms with van der Waals surface area (Å²) in [7, 11) is 3.35. The molecule has 1 heterocycles. The van der Waals surface area contributed by atoms with Crippen molar-refractivity contribution in [1.29, 1.82) is 0 Å². The number of fused-ring (bicyclic) bond motifs is 1. The van der Waals surface area contributed by atoms with Gasteiger partial charge in [-0.3, -0.25) is 0 Å². The molecule has 6 aromatic rings. The molecular weight excluding hydrogens is 554 g/mol. The molecule has 0 bridgehead atoms. The predicted octanol–water partition coefficient (Wildman–Crippen LogP) is 10.2. The molecule has 0 saturated heterocycles. The van der Waals surface area contributed by atoms with E-state index in [1.54, 1.807) is 14.2 Å². The van der Waals surface area contributed by atoms with Crippen molar-refractivity contribution in [2.45, 2.75) is 5.60 Å². The van der Waals surface area contributed by atoms with Gasteiger partial charge in [-0.15, -0.1) is 0 Å². The molecule has 0 atom stereocenters. The Morgan fingerprint density at radius 3 is 1.51 bits per heavy atom. The summed E-state index contributed by atoms with van der Waals surface area (Å²) in [4.78, 5) is 2.27. The van der Waals surface area contributed by atoms with Crippen LogP contribution in [-0.4, -0.2) is 14.2 Å². The van der Waals surface area contributed by atoms with Gasteiger partial charge >= 0.3 is 0 Å². The summed E-state index contributed by atoms with van der Waals surface area (Å²) in [6.45, 7) is 0. The number of para-hydroxylation sites is 2. The Balaban J connectivity index is 1.22. The van der Waals surface area contributed by atoms with Crippen LogP contribution < -0.4 is 19.1 Å². The fourth-order valence-corrected chi connectivity index (χ4v) is 5.92. The van der Waals surface area contributed by atoms with E-state index in [9.17, 15) is 0 Å². The molecule has 0 amide bonds. The molecule has 1 aliphatic heterocycles. The van der Waals surface area contributed by atoms with Crippen LogP contribution in [0.4, 0.5) is 17.1 Å². The molecule has 220 valence electrons. The molecule has 6 aromatic carbocycles. The Kier molecular flexibility index (Phi) is 7.54. The van der Waals surface area contributed by atoms with Crippen LogP contribution in [0.2, 0.25) is 0 Å². The van der Waals surface area contributed by atoms with Crippen LogP contribution in [0.3, 0.4) is 0 Å². The number of hydrogen-bond acceptors (Lipinski definition) is 4. The number of nitrogens with zero attached hydrogens (tertiary/aromatic N) is 1. The normalized spacial score (nSPS) is 12.9. The van der Waals surface area contributed by atoms with E-state index in [0.29, 0.717) is 0 Å². The van der Waals surface area contributed by atoms with E-state index in [1.165, 1.54) is 0 Å². The number of ether oxygens (including phenoxy) is 3. The lowest BCUT2D eigenvalue weighted by Gasteiger charge is -2.36. The monoisotopic (exact) mass is 587 g/mol. The lowest BCUT2D eigenvalue weighted by Crippen LogP contribution is -2.34. The molecular formula is C41H33NO3. The molecule has 0 unspecified atom stereocenters. The highest BCUT2D eigenvalue weighted by Gasteiger charge is 2.37. The Morgan fingerprint density at radius 1 is 0.511 bits per heavy atom. The molecule has 0 radical (unpaired) electrons. The van der Waals surface area contributed by atoms with Gasteiger partial charge in [-0.2, -0.15) is 0 Å². The van der Waals surface area contributed by atoms with E-state index in [4.69, 9.17) is 14.2 Å². The van der Waals surface area contributed by atoms with Crippen molar-refractivity contribution in [3.8, 4) is 28.4 Å². The lowest BCUT2D eigenvalue weighted by atomic mass is 9.83. The second-order valence-electron chi connectivity index (χ2n) is 10.9. The number of methoxy groups -OCH3 is 2. The molecule has 0 saturated carbocycles. The van der Waals surface area contributed by atoms with Crippen molar-refractivity contribution in [3.63, 3.8) is 0 Å². The molecule has 0 fully saturated rings. The quantitative estimate of drug-likeness (QED) is 0.177. The fraction of sp³-hybridized carbons (Fsp3) is 0.0732. The van der Waals surface area contributed by atoms with Crippen molar-refractivity contribution in [2.24, 2.45) is 0 Å². The number of hydrogen-bond donors (Lipinski definition) is 0. The highest BCUT2D eigenvalue weighted by molar-refractivity contribution is 5.79. The van der Waals surface area contributed by atoms with Crippen LogP contribution in [0.15, 0.2) is 158 Å². The molecule has 4 heteroatoms. The Bertz CT molecular complexity index is 1830. The van der Waals surface area contributed by atoms with Crippen molar-refractivity contribution < 1.29 is 14.2 Å². The van der Waals surface area contributed by atoms with Gasteiger partial charge in [0.25, 0.3) is 0 Å². The van der Waals surface area contributed by atoms with E-state index in [0.717, 1.165) is 62.1 Å². The van der Waals surface area contributed by atoms with Gasteiger partial charge in [-0.05, 0) is 90.0 Å². The maximum absolute atomic E-state index is 6.90. The second kappa shape index (κ2) is 12.1. The molecule has 1 aliphatic rings. The number of rotatable bonds is 8. The third kappa shape index (κ3) is 5.43. The smallest absolute Gasteiger partial charge is 0.178 e. The van der Waals surface area contributed by atoms with E-state index >= 15 is 0 Å². The van der Waals surface area contributed by atoms with E-state index in [-0.39, 0.29) is 0 Å². The van der Waals surface area contributed by atoms with Crippen LogP contribution in [0.25, 0.3) is 17.2 Å². The van der Waals surface area contributed by atoms with Gasteiger partial charge in [0.1, 0.15) is 17.2 Å². The fourth-order valence-electron chi connectivity index (χ4n) is 5.92. The lowest BCUT2D eigenvalue weighted by molar-refractivity contribution is 0.161. The standard InChI is InChI=1S/C41H33NO3/c1-43-38-22-16-33(17-23-38)41(34-18-24-39(44-2)25-19-34)28-27-32-29-31(15-26-40(32)45-41)30-13-20-37(21-14-30)42(35-9-5-3-6-10-35)36-11-7-4-8-12-36/h3-29H,1-2H3. The predicted molar refractivity (Wildman–Crippen MR) is 183 cm³/mol. The minimum Gasteiger partial charge on any atom is -0.497 e. The Labute approximate surface area is 264 Å². The zero-order valence-corrected chi connectivity index (χ0v) is 25.3. The molecule has 0 aliphatic carbocycles.